The Kier molecular flexibility index (Phi) is 4.71. The van der Waals surface area contributed by atoms with Gasteiger partial charge in [-0.3, -0.25) is 4.79 Å². The van der Waals surface area contributed by atoms with Gasteiger partial charge in [-0.2, -0.15) is 0 Å². The second-order valence-corrected chi connectivity index (χ2v) is 5.92. The molecule has 7 heteroatoms. The van der Waals surface area contributed by atoms with E-state index in [0.29, 0.717) is 31.5 Å². The number of benzene rings is 1. The number of anilines is 1. The van der Waals surface area contributed by atoms with E-state index in [2.05, 4.69) is 9.97 Å². The molecule has 1 amide bonds. The average molecular weight is 330 g/mol. The number of nitrogens with two attached hydrogens (primary N) is 1. The quantitative estimate of drug-likeness (QED) is 0.895. The lowest BCUT2D eigenvalue weighted by Crippen LogP contribution is -2.40. The highest BCUT2D eigenvalue weighted by Crippen LogP contribution is 2.31. The summed E-state index contributed by atoms with van der Waals surface area (Å²) in [6.45, 7) is 1.02. The fourth-order valence-corrected chi connectivity index (χ4v) is 3.01. The van der Waals surface area contributed by atoms with Crippen LogP contribution >= 0.6 is 0 Å². The first kappa shape index (κ1) is 16.3. The first-order valence-electron chi connectivity index (χ1n) is 7.85. The van der Waals surface area contributed by atoms with Crippen molar-refractivity contribution in [2.24, 2.45) is 5.92 Å². The number of nitrogens with zero attached hydrogens (tertiary/aromatic N) is 3. The van der Waals surface area contributed by atoms with Crippen molar-refractivity contribution >= 4 is 11.7 Å². The van der Waals surface area contributed by atoms with E-state index in [4.69, 9.17) is 5.73 Å². The number of rotatable bonds is 3. The van der Waals surface area contributed by atoms with Crippen LogP contribution in [0.5, 0.6) is 0 Å². The molecule has 1 atom stereocenters. The lowest BCUT2D eigenvalue weighted by molar-refractivity contribution is 0.0459. The summed E-state index contributed by atoms with van der Waals surface area (Å²) in [6, 6.07) is 5.87. The second kappa shape index (κ2) is 6.92. The fourth-order valence-electron chi connectivity index (χ4n) is 3.01. The maximum Gasteiger partial charge on any atom is 0.276 e. The third kappa shape index (κ3) is 3.35. The molecule has 126 valence electrons. The number of aromatic nitrogens is 2. The van der Waals surface area contributed by atoms with Gasteiger partial charge in [-0.1, -0.05) is 12.1 Å². The highest BCUT2D eigenvalue weighted by atomic mass is 19.1. The number of likely N-dealkylation sites (tertiary alicyclic amines) is 1. The molecule has 1 unspecified atom stereocenters. The molecule has 24 heavy (non-hydrogen) atoms. The van der Waals surface area contributed by atoms with Crippen LogP contribution in [0.1, 0.15) is 35.0 Å². The van der Waals surface area contributed by atoms with Gasteiger partial charge in [0.15, 0.2) is 11.5 Å². The maximum absolute atomic E-state index is 13.0. The normalized spacial score (nSPS) is 16.8. The largest absolute Gasteiger partial charge is 0.388 e. The van der Waals surface area contributed by atoms with Crippen molar-refractivity contribution in [1.82, 2.24) is 14.9 Å². The van der Waals surface area contributed by atoms with Crippen LogP contribution in [0.4, 0.5) is 10.2 Å². The van der Waals surface area contributed by atoms with Gasteiger partial charge in [-0.15, -0.1) is 0 Å². The smallest absolute Gasteiger partial charge is 0.276 e. The lowest BCUT2D eigenvalue weighted by Gasteiger charge is -2.34. The van der Waals surface area contributed by atoms with Crippen molar-refractivity contribution in [3.8, 4) is 0 Å². The summed E-state index contributed by atoms with van der Waals surface area (Å²) in [4.78, 5) is 22.0. The van der Waals surface area contributed by atoms with Crippen molar-refractivity contribution in [3.63, 3.8) is 0 Å². The number of hydrogen-bond acceptors (Lipinski definition) is 5. The molecule has 0 saturated carbocycles. The van der Waals surface area contributed by atoms with Gasteiger partial charge < -0.3 is 15.7 Å². The van der Waals surface area contributed by atoms with E-state index >= 15 is 0 Å². The number of carbonyl (C=O) groups is 1. The molecule has 1 aromatic carbocycles. The minimum absolute atomic E-state index is 0.0266. The van der Waals surface area contributed by atoms with Crippen molar-refractivity contribution in [3.05, 3.63) is 53.7 Å². The monoisotopic (exact) mass is 330 g/mol. The van der Waals surface area contributed by atoms with E-state index in [1.807, 2.05) is 0 Å². The number of hydrogen-bond donors (Lipinski definition) is 2. The van der Waals surface area contributed by atoms with Gasteiger partial charge in [0.05, 0.1) is 6.10 Å². The topological polar surface area (TPSA) is 92.3 Å². The zero-order chi connectivity index (χ0) is 17.1. The van der Waals surface area contributed by atoms with E-state index in [1.165, 1.54) is 24.5 Å². The first-order chi connectivity index (χ1) is 11.6. The van der Waals surface area contributed by atoms with E-state index in [1.54, 1.807) is 17.0 Å². The minimum atomic E-state index is -0.663. The van der Waals surface area contributed by atoms with Gasteiger partial charge in [0.25, 0.3) is 5.91 Å². The molecule has 0 bridgehead atoms. The Labute approximate surface area is 139 Å². The van der Waals surface area contributed by atoms with Gasteiger partial charge in [0.1, 0.15) is 5.82 Å². The van der Waals surface area contributed by atoms with Gasteiger partial charge in [0.2, 0.25) is 0 Å². The Morgan fingerprint density at radius 3 is 2.46 bits per heavy atom. The SMILES string of the molecule is Nc1nccnc1C(=O)N1CCC(C(O)c2ccc(F)cc2)CC1. The third-order valence-electron chi connectivity index (χ3n) is 4.41. The average Bonchev–Trinajstić information content (AvgIpc) is 2.62. The summed E-state index contributed by atoms with van der Waals surface area (Å²) in [7, 11) is 0. The van der Waals surface area contributed by atoms with E-state index in [0.717, 1.165) is 0 Å². The Balaban J connectivity index is 1.62. The lowest BCUT2D eigenvalue weighted by atomic mass is 9.87. The summed E-state index contributed by atoms with van der Waals surface area (Å²) in [5.74, 6) is -0.419. The molecular weight excluding hydrogens is 311 g/mol. The molecule has 3 N–H and O–H groups in total. The minimum Gasteiger partial charge on any atom is -0.388 e. The van der Waals surface area contributed by atoms with Crippen LogP contribution in [0.25, 0.3) is 0 Å². The fraction of sp³-hybridized carbons (Fsp3) is 0.353. The highest BCUT2D eigenvalue weighted by Gasteiger charge is 2.29. The number of amides is 1. The van der Waals surface area contributed by atoms with Crippen LogP contribution in [0.15, 0.2) is 36.7 Å². The van der Waals surface area contributed by atoms with Crippen molar-refractivity contribution in [1.29, 1.82) is 0 Å². The van der Waals surface area contributed by atoms with E-state index < -0.39 is 6.10 Å². The van der Waals surface area contributed by atoms with Crippen LogP contribution < -0.4 is 5.73 Å². The van der Waals surface area contributed by atoms with Crippen molar-refractivity contribution in [2.75, 3.05) is 18.8 Å². The number of aliphatic hydroxyl groups excluding tert-OH is 1. The molecule has 1 saturated heterocycles. The maximum atomic E-state index is 13.0. The van der Waals surface area contributed by atoms with Crippen LogP contribution in [-0.2, 0) is 0 Å². The Morgan fingerprint density at radius 1 is 1.21 bits per heavy atom. The molecule has 1 aromatic heterocycles. The number of piperidine rings is 1. The molecule has 0 spiro atoms. The summed E-state index contributed by atoms with van der Waals surface area (Å²) >= 11 is 0. The molecule has 2 heterocycles. The van der Waals surface area contributed by atoms with E-state index in [-0.39, 0.29) is 29.2 Å². The Hall–Kier alpha value is -2.54. The molecule has 6 nitrogen and oxygen atoms in total. The van der Waals surface area contributed by atoms with Crippen molar-refractivity contribution < 1.29 is 14.3 Å². The summed E-state index contributed by atoms with van der Waals surface area (Å²) < 4.78 is 13.0. The molecule has 0 radical (unpaired) electrons. The Bertz CT molecular complexity index is 715. The molecular formula is C17H19FN4O2. The summed E-state index contributed by atoms with van der Waals surface area (Å²) in [5.41, 5.74) is 6.56. The molecule has 3 rings (SSSR count). The number of carbonyl (C=O) groups excluding carboxylic acids is 1. The predicted octanol–water partition coefficient (Wildman–Crippen LogP) is 1.78. The van der Waals surface area contributed by atoms with Gasteiger partial charge in [-0.25, -0.2) is 14.4 Å². The zero-order valence-corrected chi connectivity index (χ0v) is 13.1. The molecule has 0 aliphatic carbocycles. The molecule has 1 aliphatic heterocycles. The van der Waals surface area contributed by atoms with Crippen LogP contribution in [0.2, 0.25) is 0 Å². The summed E-state index contributed by atoms with van der Waals surface area (Å²) in [6.07, 6.45) is 3.53. The third-order valence-corrected chi connectivity index (χ3v) is 4.41. The van der Waals surface area contributed by atoms with Crippen LogP contribution in [0.3, 0.4) is 0 Å². The van der Waals surface area contributed by atoms with Crippen LogP contribution in [-0.4, -0.2) is 39.0 Å². The molecule has 2 aromatic rings. The van der Waals surface area contributed by atoms with E-state index in [9.17, 15) is 14.3 Å². The standard InChI is InChI=1S/C17H19FN4O2/c18-13-3-1-11(2-4-13)15(23)12-5-9-22(10-6-12)17(24)14-16(19)21-8-7-20-14/h1-4,7-8,12,15,23H,5-6,9-10H2,(H2,19,21). The highest BCUT2D eigenvalue weighted by molar-refractivity contribution is 5.96. The van der Waals surface area contributed by atoms with Gasteiger partial charge in [0, 0.05) is 25.5 Å². The predicted molar refractivity (Wildman–Crippen MR) is 86.4 cm³/mol. The number of nitrogen functional groups attached to an aromatic ring is 1. The first-order valence-corrected chi connectivity index (χ1v) is 7.85. The second-order valence-electron chi connectivity index (χ2n) is 5.92. The molecule has 1 fully saturated rings. The van der Waals surface area contributed by atoms with Crippen molar-refractivity contribution in [2.45, 2.75) is 18.9 Å². The Morgan fingerprint density at radius 2 is 1.83 bits per heavy atom. The van der Waals surface area contributed by atoms with Gasteiger partial charge >= 0.3 is 0 Å². The number of halogens is 1. The molecule has 1 aliphatic rings. The summed E-state index contributed by atoms with van der Waals surface area (Å²) in [5, 5.41) is 10.5. The van der Waals surface area contributed by atoms with Crippen LogP contribution in [0, 0.1) is 11.7 Å². The van der Waals surface area contributed by atoms with Gasteiger partial charge in [-0.05, 0) is 36.5 Å². The number of aliphatic hydroxyl groups is 1. The zero-order valence-electron chi connectivity index (χ0n) is 13.1.